The van der Waals surface area contributed by atoms with Gasteiger partial charge in [-0.2, -0.15) is 9.36 Å². The molecule has 0 spiro atoms. The van der Waals surface area contributed by atoms with E-state index in [-0.39, 0.29) is 11.0 Å². The minimum Gasteiger partial charge on any atom is -0.307 e. The van der Waals surface area contributed by atoms with Gasteiger partial charge in [-0.3, -0.25) is 10.1 Å². The molecule has 1 aromatic heterocycles. The summed E-state index contributed by atoms with van der Waals surface area (Å²) in [5.74, 6) is -0.257. The fourth-order valence-electron chi connectivity index (χ4n) is 1.24. The number of hydrogen-bond donors (Lipinski definition) is 2. The molecule has 98 valence electrons. The molecule has 0 saturated heterocycles. The number of carbonyl (C=O) groups excluding carboxylic acids is 1. The Balaban J connectivity index is 1.93. The maximum absolute atomic E-state index is 11.8. The molecule has 0 saturated carbocycles. The Bertz CT molecular complexity index is 585. The minimum atomic E-state index is -0.257. The molecule has 0 aliphatic heterocycles. The maximum Gasteiger partial charge on any atom is 0.257 e. The van der Waals surface area contributed by atoms with Gasteiger partial charge in [0.25, 0.3) is 5.91 Å². The van der Waals surface area contributed by atoms with Crippen molar-refractivity contribution in [2.45, 2.75) is 5.16 Å². The fourth-order valence-corrected chi connectivity index (χ4v) is 2.62. The summed E-state index contributed by atoms with van der Waals surface area (Å²) in [6, 6.07) is 8.86. The SMILES string of the molecule is CSc1nsc(NC(=S)NC(=O)c2ccccc2)n1. The van der Waals surface area contributed by atoms with Crippen LogP contribution in [0.1, 0.15) is 10.4 Å². The number of anilines is 1. The Labute approximate surface area is 124 Å². The number of aromatic nitrogens is 2. The Morgan fingerprint density at radius 3 is 2.74 bits per heavy atom. The zero-order chi connectivity index (χ0) is 13.7. The molecule has 1 amide bonds. The van der Waals surface area contributed by atoms with Crippen LogP contribution < -0.4 is 10.6 Å². The molecule has 2 N–H and O–H groups in total. The highest BCUT2D eigenvalue weighted by molar-refractivity contribution is 7.98. The molecule has 1 aromatic carbocycles. The van der Waals surface area contributed by atoms with Crippen LogP contribution in [0.3, 0.4) is 0 Å². The lowest BCUT2D eigenvalue weighted by molar-refractivity contribution is 0.0978. The maximum atomic E-state index is 11.8. The van der Waals surface area contributed by atoms with E-state index in [1.54, 1.807) is 24.3 Å². The zero-order valence-electron chi connectivity index (χ0n) is 9.91. The van der Waals surface area contributed by atoms with Crippen LogP contribution in [0.2, 0.25) is 0 Å². The number of nitrogens with zero attached hydrogens (tertiary/aromatic N) is 2. The molecule has 0 aliphatic carbocycles. The number of benzene rings is 1. The predicted molar refractivity (Wildman–Crippen MR) is 81.8 cm³/mol. The van der Waals surface area contributed by atoms with Gasteiger partial charge in [0.05, 0.1) is 0 Å². The lowest BCUT2D eigenvalue weighted by Crippen LogP contribution is -2.34. The molecule has 2 rings (SSSR count). The first-order valence-corrected chi connectivity index (χ1v) is 7.65. The van der Waals surface area contributed by atoms with E-state index in [9.17, 15) is 4.79 Å². The molecule has 8 heteroatoms. The highest BCUT2D eigenvalue weighted by atomic mass is 32.2. The molecule has 0 fully saturated rings. The van der Waals surface area contributed by atoms with E-state index in [4.69, 9.17) is 12.2 Å². The van der Waals surface area contributed by atoms with Crippen molar-refractivity contribution < 1.29 is 4.79 Å². The third kappa shape index (κ3) is 3.98. The summed E-state index contributed by atoms with van der Waals surface area (Å²) in [5.41, 5.74) is 0.550. The second kappa shape index (κ2) is 6.60. The molecule has 0 aliphatic rings. The largest absolute Gasteiger partial charge is 0.307 e. The van der Waals surface area contributed by atoms with Gasteiger partial charge in [-0.1, -0.05) is 30.0 Å². The van der Waals surface area contributed by atoms with Crippen LogP contribution in [0.4, 0.5) is 5.13 Å². The highest BCUT2D eigenvalue weighted by Gasteiger charge is 2.09. The van der Waals surface area contributed by atoms with Crippen LogP contribution >= 0.6 is 35.5 Å². The van der Waals surface area contributed by atoms with Gasteiger partial charge in [0.1, 0.15) is 0 Å². The number of hydrogen-bond acceptors (Lipinski definition) is 6. The molecule has 19 heavy (non-hydrogen) atoms. The van der Waals surface area contributed by atoms with E-state index < -0.39 is 0 Å². The third-order valence-corrected chi connectivity index (χ3v) is 3.57. The lowest BCUT2D eigenvalue weighted by Gasteiger charge is -2.06. The van der Waals surface area contributed by atoms with Crippen LogP contribution in [-0.4, -0.2) is 26.6 Å². The fraction of sp³-hybridized carbons (Fsp3) is 0.0909. The molecule has 0 atom stereocenters. The van der Waals surface area contributed by atoms with Gasteiger partial charge in [0.2, 0.25) is 10.3 Å². The van der Waals surface area contributed by atoms with Crippen molar-refractivity contribution in [2.75, 3.05) is 11.6 Å². The molecular weight excluding hydrogens is 300 g/mol. The third-order valence-electron chi connectivity index (χ3n) is 2.07. The lowest BCUT2D eigenvalue weighted by atomic mass is 10.2. The molecule has 0 radical (unpaired) electrons. The molecule has 5 nitrogen and oxygen atoms in total. The Morgan fingerprint density at radius 1 is 1.37 bits per heavy atom. The average molecular weight is 310 g/mol. The zero-order valence-corrected chi connectivity index (χ0v) is 12.4. The Kier molecular flexibility index (Phi) is 4.83. The normalized spacial score (nSPS) is 9.95. The Hall–Kier alpha value is -1.51. The van der Waals surface area contributed by atoms with E-state index in [1.165, 1.54) is 23.3 Å². The van der Waals surface area contributed by atoms with Gasteiger partial charge < -0.3 is 5.32 Å². The first-order chi connectivity index (χ1) is 9.19. The van der Waals surface area contributed by atoms with Gasteiger partial charge in [-0.05, 0) is 30.6 Å². The van der Waals surface area contributed by atoms with Crippen molar-refractivity contribution >= 4 is 51.7 Å². The van der Waals surface area contributed by atoms with Crippen molar-refractivity contribution in [1.82, 2.24) is 14.7 Å². The number of rotatable bonds is 3. The van der Waals surface area contributed by atoms with Crippen LogP contribution in [0.5, 0.6) is 0 Å². The van der Waals surface area contributed by atoms with E-state index in [0.29, 0.717) is 15.9 Å². The van der Waals surface area contributed by atoms with Gasteiger partial charge >= 0.3 is 0 Å². The minimum absolute atomic E-state index is 0.206. The molecule has 0 bridgehead atoms. The van der Waals surface area contributed by atoms with Crippen LogP contribution in [0.15, 0.2) is 35.5 Å². The van der Waals surface area contributed by atoms with Crippen molar-refractivity contribution in [3.8, 4) is 0 Å². The topological polar surface area (TPSA) is 66.9 Å². The monoisotopic (exact) mass is 310 g/mol. The molecule has 0 unspecified atom stereocenters. The Morgan fingerprint density at radius 2 is 2.11 bits per heavy atom. The van der Waals surface area contributed by atoms with E-state index in [1.807, 2.05) is 12.3 Å². The van der Waals surface area contributed by atoms with E-state index >= 15 is 0 Å². The van der Waals surface area contributed by atoms with Crippen LogP contribution in [-0.2, 0) is 0 Å². The summed E-state index contributed by atoms with van der Waals surface area (Å²) in [6.45, 7) is 0. The van der Waals surface area contributed by atoms with Gasteiger partial charge in [0, 0.05) is 17.1 Å². The summed E-state index contributed by atoms with van der Waals surface area (Å²) in [6.07, 6.45) is 1.89. The summed E-state index contributed by atoms with van der Waals surface area (Å²) in [7, 11) is 0. The summed E-state index contributed by atoms with van der Waals surface area (Å²) >= 11 is 7.69. The molecular formula is C11H10N4OS3. The quantitative estimate of drug-likeness (QED) is 0.670. The molecule has 1 heterocycles. The summed E-state index contributed by atoms with van der Waals surface area (Å²) in [5, 5.41) is 6.85. The number of thioether (sulfide) groups is 1. The van der Waals surface area contributed by atoms with Gasteiger partial charge in [-0.25, -0.2) is 0 Å². The number of amides is 1. The first kappa shape index (κ1) is 13.9. The van der Waals surface area contributed by atoms with Crippen LogP contribution in [0.25, 0.3) is 0 Å². The van der Waals surface area contributed by atoms with Gasteiger partial charge in [-0.15, -0.1) is 0 Å². The first-order valence-electron chi connectivity index (χ1n) is 5.24. The van der Waals surface area contributed by atoms with Crippen molar-refractivity contribution in [3.05, 3.63) is 35.9 Å². The van der Waals surface area contributed by atoms with Crippen molar-refractivity contribution in [1.29, 1.82) is 0 Å². The number of thiocarbonyl (C=S) groups is 1. The van der Waals surface area contributed by atoms with E-state index in [0.717, 1.165) is 0 Å². The molecule has 2 aromatic rings. The van der Waals surface area contributed by atoms with Crippen molar-refractivity contribution in [2.24, 2.45) is 0 Å². The van der Waals surface area contributed by atoms with Crippen molar-refractivity contribution in [3.63, 3.8) is 0 Å². The van der Waals surface area contributed by atoms with E-state index in [2.05, 4.69) is 20.0 Å². The second-order valence-electron chi connectivity index (χ2n) is 3.36. The van der Waals surface area contributed by atoms with Gasteiger partial charge in [0.15, 0.2) is 5.11 Å². The summed E-state index contributed by atoms with van der Waals surface area (Å²) < 4.78 is 4.08. The predicted octanol–water partition coefficient (Wildman–Crippen LogP) is 2.39. The highest BCUT2D eigenvalue weighted by Crippen LogP contribution is 2.17. The summed E-state index contributed by atoms with van der Waals surface area (Å²) in [4.78, 5) is 16.0. The average Bonchev–Trinajstić information content (AvgIpc) is 2.87. The smallest absolute Gasteiger partial charge is 0.257 e. The standard InChI is InChI=1S/C11H10N4OS3/c1-18-11-14-10(19-15-11)13-9(17)12-8(16)7-5-3-2-4-6-7/h2-6H,1H3,(H2,12,13,14,15,16,17). The van der Waals surface area contributed by atoms with Crippen LogP contribution in [0, 0.1) is 0 Å². The number of carbonyl (C=O) groups is 1. The number of nitrogens with one attached hydrogen (secondary N) is 2. The second-order valence-corrected chi connectivity index (χ2v) is 5.29.